The Morgan fingerprint density at radius 2 is 2.07 bits per heavy atom. The van der Waals surface area contributed by atoms with Crippen LogP contribution >= 0.6 is 0 Å². The van der Waals surface area contributed by atoms with Crippen molar-refractivity contribution in [3.63, 3.8) is 0 Å². The van der Waals surface area contributed by atoms with Crippen LogP contribution in [0.1, 0.15) is 18.3 Å². The molecule has 5 nitrogen and oxygen atoms in total. The lowest BCUT2D eigenvalue weighted by Gasteiger charge is -2.02. The van der Waals surface area contributed by atoms with Crippen molar-refractivity contribution in [1.29, 1.82) is 0 Å². The number of hydrogen-bond acceptors (Lipinski definition) is 5. The summed E-state index contributed by atoms with van der Waals surface area (Å²) in [5.41, 5.74) is 8.51. The number of fused-ring (bicyclic) bond motifs is 1. The van der Waals surface area contributed by atoms with Crippen molar-refractivity contribution >= 4 is 17.1 Å². The number of rotatable bonds is 1. The molecule has 0 aliphatic rings. The standard InChI is InChI=1S/C9H11N5/c1-3-6-4-11-8-7(13-6)5(2)12-9(10)14-8/h4H,3H2,1-2H3,(H2,10,11,12,14). The second-order valence-electron chi connectivity index (χ2n) is 3.05. The molecule has 0 aliphatic carbocycles. The molecule has 0 saturated heterocycles. The normalized spacial score (nSPS) is 10.7. The third-order valence-electron chi connectivity index (χ3n) is 2.01. The second-order valence-corrected chi connectivity index (χ2v) is 3.05. The van der Waals surface area contributed by atoms with Gasteiger partial charge in [-0.2, -0.15) is 4.98 Å². The van der Waals surface area contributed by atoms with Crippen LogP contribution < -0.4 is 5.73 Å². The number of hydrogen-bond donors (Lipinski definition) is 1. The predicted molar refractivity (Wildman–Crippen MR) is 53.7 cm³/mol. The van der Waals surface area contributed by atoms with Gasteiger partial charge in [0.05, 0.1) is 17.6 Å². The zero-order valence-electron chi connectivity index (χ0n) is 8.15. The summed E-state index contributed by atoms with van der Waals surface area (Å²) in [5.74, 6) is 0.244. The quantitative estimate of drug-likeness (QED) is 0.720. The van der Waals surface area contributed by atoms with Crippen LogP contribution in [0, 0.1) is 6.92 Å². The average molecular weight is 189 g/mol. The first-order valence-corrected chi connectivity index (χ1v) is 4.46. The lowest BCUT2D eigenvalue weighted by molar-refractivity contribution is 1.01. The molecule has 0 fully saturated rings. The first-order valence-electron chi connectivity index (χ1n) is 4.46. The number of nitrogen functional groups attached to an aromatic ring is 1. The van der Waals surface area contributed by atoms with E-state index in [1.54, 1.807) is 6.20 Å². The number of nitrogens with two attached hydrogens (primary N) is 1. The largest absolute Gasteiger partial charge is 0.368 e. The van der Waals surface area contributed by atoms with Gasteiger partial charge in [-0.25, -0.2) is 15.0 Å². The van der Waals surface area contributed by atoms with Gasteiger partial charge in [0.1, 0.15) is 5.52 Å². The van der Waals surface area contributed by atoms with Crippen molar-refractivity contribution in [2.45, 2.75) is 20.3 Å². The summed E-state index contributed by atoms with van der Waals surface area (Å²) < 4.78 is 0. The Morgan fingerprint density at radius 3 is 2.79 bits per heavy atom. The SMILES string of the molecule is CCc1cnc2nc(N)nc(C)c2n1. The Bertz CT molecular complexity index is 480. The fourth-order valence-corrected chi connectivity index (χ4v) is 1.27. The van der Waals surface area contributed by atoms with Gasteiger partial charge < -0.3 is 5.73 Å². The maximum Gasteiger partial charge on any atom is 0.222 e. The predicted octanol–water partition coefficient (Wildman–Crippen LogP) is 0.873. The van der Waals surface area contributed by atoms with Crippen LogP contribution in [0.4, 0.5) is 5.95 Å². The van der Waals surface area contributed by atoms with E-state index in [1.807, 2.05) is 13.8 Å². The van der Waals surface area contributed by atoms with Crippen molar-refractivity contribution in [3.05, 3.63) is 17.6 Å². The van der Waals surface area contributed by atoms with Gasteiger partial charge in [-0.15, -0.1) is 0 Å². The smallest absolute Gasteiger partial charge is 0.222 e. The molecule has 2 aromatic rings. The molecule has 5 heteroatoms. The van der Waals surface area contributed by atoms with Crippen molar-refractivity contribution in [2.75, 3.05) is 5.73 Å². The lowest BCUT2D eigenvalue weighted by atomic mass is 10.3. The molecule has 0 spiro atoms. The molecule has 72 valence electrons. The number of anilines is 1. The number of nitrogens with zero attached hydrogens (tertiary/aromatic N) is 4. The van der Waals surface area contributed by atoms with Gasteiger partial charge in [0.25, 0.3) is 0 Å². The highest BCUT2D eigenvalue weighted by Gasteiger charge is 2.05. The fourth-order valence-electron chi connectivity index (χ4n) is 1.27. The first-order chi connectivity index (χ1) is 6.70. The van der Waals surface area contributed by atoms with Gasteiger partial charge in [0.2, 0.25) is 5.95 Å². The first kappa shape index (κ1) is 8.80. The van der Waals surface area contributed by atoms with Crippen LogP contribution in [0.2, 0.25) is 0 Å². The van der Waals surface area contributed by atoms with Crippen molar-refractivity contribution in [1.82, 2.24) is 19.9 Å². The molecule has 0 aliphatic heterocycles. The summed E-state index contributed by atoms with van der Waals surface area (Å²) in [7, 11) is 0. The molecular formula is C9H11N5. The summed E-state index contributed by atoms with van der Waals surface area (Å²) in [6.07, 6.45) is 2.57. The second kappa shape index (κ2) is 3.17. The molecule has 0 saturated carbocycles. The molecule has 0 aromatic carbocycles. The molecule has 2 heterocycles. The zero-order chi connectivity index (χ0) is 10.1. The Morgan fingerprint density at radius 1 is 1.29 bits per heavy atom. The van der Waals surface area contributed by atoms with Crippen molar-refractivity contribution < 1.29 is 0 Å². The van der Waals surface area contributed by atoms with Crippen LogP contribution in [-0.4, -0.2) is 19.9 Å². The van der Waals surface area contributed by atoms with Gasteiger partial charge in [-0.05, 0) is 13.3 Å². The van der Waals surface area contributed by atoms with Crippen molar-refractivity contribution in [3.8, 4) is 0 Å². The zero-order valence-corrected chi connectivity index (χ0v) is 8.15. The van der Waals surface area contributed by atoms with E-state index in [2.05, 4.69) is 19.9 Å². The van der Waals surface area contributed by atoms with Crippen molar-refractivity contribution in [2.24, 2.45) is 0 Å². The monoisotopic (exact) mass is 189 g/mol. The Hall–Kier alpha value is -1.78. The van der Waals surface area contributed by atoms with E-state index in [4.69, 9.17) is 5.73 Å². The molecular weight excluding hydrogens is 178 g/mol. The number of aromatic nitrogens is 4. The maximum absolute atomic E-state index is 5.51. The highest BCUT2D eigenvalue weighted by molar-refractivity contribution is 5.73. The lowest BCUT2D eigenvalue weighted by Crippen LogP contribution is -2.02. The van der Waals surface area contributed by atoms with E-state index < -0.39 is 0 Å². The van der Waals surface area contributed by atoms with Gasteiger partial charge in [0, 0.05) is 0 Å². The molecule has 2 N–H and O–H groups in total. The van der Waals surface area contributed by atoms with E-state index in [9.17, 15) is 0 Å². The summed E-state index contributed by atoms with van der Waals surface area (Å²) in [4.78, 5) is 16.6. The van der Waals surface area contributed by atoms with Gasteiger partial charge >= 0.3 is 0 Å². The molecule has 0 atom stereocenters. The van der Waals surface area contributed by atoms with Crippen LogP contribution in [0.15, 0.2) is 6.20 Å². The van der Waals surface area contributed by atoms with Gasteiger partial charge in [-0.1, -0.05) is 6.92 Å². The molecule has 2 aromatic heterocycles. The minimum Gasteiger partial charge on any atom is -0.368 e. The molecule has 14 heavy (non-hydrogen) atoms. The molecule has 2 rings (SSSR count). The van der Waals surface area contributed by atoms with E-state index >= 15 is 0 Å². The highest BCUT2D eigenvalue weighted by Crippen LogP contribution is 2.11. The Balaban J connectivity index is 2.75. The molecule has 0 bridgehead atoms. The summed E-state index contributed by atoms with van der Waals surface area (Å²) >= 11 is 0. The van der Waals surface area contributed by atoms with Crippen LogP contribution in [0.25, 0.3) is 11.2 Å². The fraction of sp³-hybridized carbons (Fsp3) is 0.333. The van der Waals surface area contributed by atoms with Crippen LogP contribution in [0.3, 0.4) is 0 Å². The summed E-state index contributed by atoms with van der Waals surface area (Å²) in [6.45, 7) is 3.89. The van der Waals surface area contributed by atoms with Crippen LogP contribution in [0.5, 0.6) is 0 Å². The Kier molecular flexibility index (Phi) is 1.99. The van der Waals surface area contributed by atoms with E-state index in [1.165, 1.54) is 0 Å². The van der Waals surface area contributed by atoms with Gasteiger partial charge in [0.15, 0.2) is 5.65 Å². The highest BCUT2D eigenvalue weighted by atomic mass is 15.0. The minimum atomic E-state index is 0.244. The third-order valence-corrected chi connectivity index (χ3v) is 2.01. The average Bonchev–Trinajstić information content (AvgIpc) is 2.17. The minimum absolute atomic E-state index is 0.244. The summed E-state index contributed by atoms with van der Waals surface area (Å²) in [5, 5.41) is 0. The number of aryl methyl sites for hydroxylation is 2. The Labute approximate surface area is 81.4 Å². The van der Waals surface area contributed by atoms with E-state index in [0.29, 0.717) is 5.65 Å². The van der Waals surface area contributed by atoms with E-state index in [-0.39, 0.29) is 5.95 Å². The summed E-state index contributed by atoms with van der Waals surface area (Å²) in [6, 6.07) is 0. The topological polar surface area (TPSA) is 77.6 Å². The van der Waals surface area contributed by atoms with Gasteiger partial charge in [-0.3, -0.25) is 0 Å². The maximum atomic E-state index is 5.51. The molecule has 0 unspecified atom stereocenters. The molecule has 0 amide bonds. The third kappa shape index (κ3) is 1.37. The van der Waals surface area contributed by atoms with E-state index in [0.717, 1.165) is 23.3 Å². The van der Waals surface area contributed by atoms with Crippen LogP contribution in [-0.2, 0) is 6.42 Å². The molecule has 0 radical (unpaired) electrons.